The van der Waals surface area contributed by atoms with Crippen molar-refractivity contribution in [1.29, 1.82) is 5.26 Å². The number of allylic oxidation sites excluding steroid dienone is 6. The molecule has 0 saturated heterocycles. The van der Waals surface area contributed by atoms with Crippen molar-refractivity contribution in [3.63, 3.8) is 0 Å². The van der Waals surface area contributed by atoms with Crippen LogP contribution in [0.15, 0.2) is 73.4 Å². The van der Waals surface area contributed by atoms with E-state index < -0.39 is 0 Å². The van der Waals surface area contributed by atoms with Gasteiger partial charge in [-0.1, -0.05) is 64.0 Å². The molecule has 0 atom stereocenters. The second-order valence-corrected chi connectivity index (χ2v) is 9.83. The Balaban J connectivity index is 0.00000235. The Labute approximate surface area is 225 Å². The van der Waals surface area contributed by atoms with E-state index in [0.29, 0.717) is 28.0 Å². The Morgan fingerprint density at radius 3 is 2.41 bits per heavy atom. The van der Waals surface area contributed by atoms with Gasteiger partial charge in [0.15, 0.2) is 5.71 Å². The highest BCUT2D eigenvalue weighted by Crippen LogP contribution is 2.41. The number of hydrogen-bond acceptors (Lipinski definition) is 4. The molecule has 37 heavy (non-hydrogen) atoms. The van der Waals surface area contributed by atoms with Crippen molar-refractivity contribution in [2.75, 3.05) is 13.7 Å². The van der Waals surface area contributed by atoms with E-state index in [1.807, 2.05) is 33.0 Å². The maximum Gasteiger partial charge on any atom is 0.209 e. The van der Waals surface area contributed by atoms with Gasteiger partial charge in [-0.15, -0.1) is 11.3 Å². The number of fused-ring (bicyclic) bond motifs is 1. The average Bonchev–Trinajstić information content (AvgIpc) is 3.31. The molecular weight excluding hydrogens is 476 g/mol. The molecule has 2 N–H and O–H groups in total. The highest BCUT2D eigenvalue weighted by atomic mass is 32.1. The lowest BCUT2D eigenvalue weighted by Gasteiger charge is -2.17. The van der Waals surface area contributed by atoms with Crippen molar-refractivity contribution < 1.29 is 14.8 Å². The van der Waals surface area contributed by atoms with Crippen LogP contribution in [0.4, 0.5) is 5.69 Å². The number of aliphatic hydroxyl groups excluding tert-OH is 1. The van der Waals surface area contributed by atoms with Gasteiger partial charge in [0, 0.05) is 34.8 Å². The minimum Gasteiger partial charge on any atom is -0.506 e. The second-order valence-electron chi connectivity index (χ2n) is 8.75. The Morgan fingerprint density at radius 2 is 1.86 bits per heavy atom. The molecular formula is C32H37N2O2S+. The summed E-state index contributed by atoms with van der Waals surface area (Å²) in [5.41, 5.74) is 6.00. The lowest BCUT2D eigenvalue weighted by Crippen LogP contribution is -2.27. The fraction of sp³-hybridized carbons (Fsp3) is 0.250. The standard InChI is InChI=1S/C30H30N2O2S.C2H6/c1-7-21(22(19-31)11-10-12-27-29(34)23(8-2)26(9-3)35-27)18-28-30(4,5)24-17-20(15-16-33)13-14-25(24)32(28)6;1-2/h7-14,17-18,33H,1-3,15-16H2,4-6H3;1-2H3/p+1. The number of rotatable bonds is 9. The number of nitrogens with zero attached hydrogens (tertiary/aromatic N) is 2. The van der Waals surface area contributed by atoms with Gasteiger partial charge in [0.2, 0.25) is 5.69 Å². The molecule has 0 aliphatic carbocycles. The Kier molecular flexibility index (Phi) is 10.4. The van der Waals surface area contributed by atoms with Crippen LogP contribution in [0.1, 0.15) is 54.1 Å². The summed E-state index contributed by atoms with van der Waals surface area (Å²) < 4.78 is 2.14. The topological polar surface area (TPSA) is 67.3 Å². The van der Waals surface area contributed by atoms with Gasteiger partial charge < -0.3 is 10.2 Å². The van der Waals surface area contributed by atoms with Gasteiger partial charge in [-0.25, -0.2) is 0 Å². The zero-order valence-corrected chi connectivity index (χ0v) is 23.3. The first-order valence-corrected chi connectivity index (χ1v) is 13.1. The number of thiophene rings is 1. The fourth-order valence-corrected chi connectivity index (χ4v) is 5.35. The van der Waals surface area contributed by atoms with Crippen LogP contribution in [0.3, 0.4) is 0 Å². The molecule has 0 amide bonds. The zero-order chi connectivity index (χ0) is 27.8. The number of aromatic hydroxyl groups is 1. The lowest BCUT2D eigenvalue weighted by molar-refractivity contribution is -0.401. The number of benzene rings is 1. The molecule has 0 radical (unpaired) electrons. The SMILES string of the molecule is C=CC(=C\C1=[N+](C)c2ccc(CCO)cc2C1(C)C)/C(C#N)=C/C=C/c1sc(C=C)c(C=C)c1O.CC. The summed E-state index contributed by atoms with van der Waals surface area (Å²) in [5.74, 6) is 0.158. The van der Waals surface area contributed by atoms with Crippen LogP contribution >= 0.6 is 11.3 Å². The molecule has 3 rings (SSSR count). The van der Waals surface area contributed by atoms with Crippen LogP contribution in [-0.2, 0) is 11.8 Å². The van der Waals surface area contributed by atoms with E-state index >= 15 is 0 Å². The van der Waals surface area contributed by atoms with Crippen LogP contribution in [0.25, 0.3) is 18.2 Å². The van der Waals surface area contributed by atoms with E-state index in [4.69, 9.17) is 0 Å². The molecule has 2 aromatic rings. The maximum absolute atomic E-state index is 10.4. The lowest BCUT2D eigenvalue weighted by atomic mass is 9.80. The predicted octanol–water partition coefficient (Wildman–Crippen LogP) is 7.58. The molecule has 192 valence electrons. The summed E-state index contributed by atoms with van der Waals surface area (Å²) in [6, 6.07) is 8.56. The minimum absolute atomic E-state index is 0.114. The largest absolute Gasteiger partial charge is 0.506 e. The molecule has 0 bridgehead atoms. The first kappa shape index (κ1) is 29.5. The van der Waals surface area contributed by atoms with Crippen molar-refractivity contribution >= 4 is 41.0 Å². The third-order valence-electron chi connectivity index (χ3n) is 6.32. The van der Waals surface area contributed by atoms with Gasteiger partial charge in [0.25, 0.3) is 0 Å². The predicted molar refractivity (Wildman–Crippen MR) is 160 cm³/mol. The van der Waals surface area contributed by atoms with Crippen molar-refractivity contribution in [2.24, 2.45) is 0 Å². The van der Waals surface area contributed by atoms with Gasteiger partial charge in [0.1, 0.15) is 12.8 Å². The molecule has 1 aromatic carbocycles. The molecule has 0 unspecified atom stereocenters. The van der Waals surface area contributed by atoms with Gasteiger partial charge in [0.05, 0.1) is 21.9 Å². The highest BCUT2D eigenvalue weighted by molar-refractivity contribution is 7.14. The summed E-state index contributed by atoms with van der Waals surface area (Å²) in [6.45, 7) is 19.9. The molecule has 0 fully saturated rings. The Bertz CT molecular complexity index is 1360. The van der Waals surface area contributed by atoms with Crippen molar-refractivity contribution in [1.82, 2.24) is 0 Å². The quantitative estimate of drug-likeness (QED) is 0.206. The first-order chi connectivity index (χ1) is 17.7. The molecule has 2 heterocycles. The molecule has 0 spiro atoms. The number of hydrogen-bond donors (Lipinski definition) is 2. The summed E-state index contributed by atoms with van der Waals surface area (Å²) in [7, 11) is 2.02. The first-order valence-electron chi connectivity index (χ1n) is 12.3. The minimum atomic E-state index is -0.287. The molecule has 1 aliphatic rings. The third-order valence-corrected chi connectivity index (χ3v) is 7.47. The van der Waals surface area contributed by atoms with E-state index in [1.165, 1.54) is 16.9 Å². The monoisotopic (exact) mass is 513 g/mol. The van der Waals surface area contributed by atoms with Crippen LogP contribution in [0.2, 0.25) is 0 Å². The Morgan fingerprint density at radius 1 is 1.16 bits per heavy atom. The molecule has 0 saturated carbocycles. The molecule has 5 heteroatoms. The summed E-state index contributed by atoms with van der Waals surface area (Å²) in [6.07, 6.45) is 12.9. The van der Waals surface area contributed by atoms with E-state index in [-0.39, 0.29) is 17.8 Å². The van der Waals surface area contributed by atoms with Crippen LogP contribution < -0.4 is 0 Å². The Hall–Kier alpha value is -3.72. The van der Waals surface area contributed by atoms with Crippen LogP contribution in [-0.4, -0.2) is 34.2 Å². The van der Waals surface area contributed by atoms with Gasteiger partial charge in [-0.2, -0.15) is 9.84 Å². The maximum atomic E-state index is 10.4. The fourth-order valence-electron chi connectivity index (χ4n) is 4.38. The van der Waals surface area contributed by atoms with Gasteiger partial charge in [-0.05, 0) is 49.6 Å². The van der Waals surface area contributed by atoms with E-state index in [1.54, 1.807) is 36.5 Å². The smallest absolute Gasteiger partial charge is 0.209 e. The van der Waals surface area contributed by atoms with E-state index in [2.05, 4.69) is 56.4 Å². The van der Waals surface area contributed by atoms with Gasteiger partial charge in [-0.3, -0.25) is 0 Å². The summed E-state index contributed by atoms with van der Waals surface area (Å²) in [4.78, 5) is 1.52. The van der Waals surface area contributed by atoms with Crippen molar-refractivity contribution in [3.8, 4) is 11.8 Å². The third kappa shape index (κ3) is 5.99. The second kappa shape index (κ2) is 13.0. The highest BCUT2D eigenvalue weighted by Gasteiger charge is 2.43. The van der Waals surface area contributed by atoms with E-state index in [0.717, 1.165) is 21.8 Å². The summed E-state index contributed by atoms with van der Waals surface area (Å²) >= 11 is 1.41. The average molecular weight is 514 g/mol. The number of aliphatic hydroxyl groups is 1. The number of nitriles is 1. The van der Waals surface area contributed by atoms with Crippen molar-refractivity contribution in [3.05, 3.63) is 99.8 Å². The van der Waals surface area contributed by atoms with Gasteiger partial charge >= 0.3 is 0 Å². The molecule has 1 aliphatic heterocycles. The van der Waals surface area contributed by atoms with Crippen LogP contribution in [0, 0.1) is 11.3 Å². The summed E-state index contributed by atoms with van der Waals surface area (Å²) in [5, 5.41) is 29.7. The molecule has 4 nitrogen and oxygen atoms in total. The zero-order valence-electron chi connectivity index (χ0n) is 22.5. The normalized spacial score (nSPS) is 14.6. The van der Waals surface area contributed by atoms with Crippen molar-refractivity contribution in [2.45, 2.75) is 39.5 Å². The molecule has 1 aromatic heterocycles. The van der Waals surface area contributed by atoms with E-state index in [9.17, 15) is 15.5 Å². The van der Waals surface area contributed by atoms with Crippen LogP contribution in [0.5, 0.6) is 5.75 Å².